The van der Waals surface area contributed by atoms with E-state index < -0.39 is 16.5 Å². The van der Waals surface area contributed by atoms with Crippen LogP contribution >= 0.6 is 0 Å². The van der Waals surface area contributed by atoms with Gasteiger partial charge in [-0.3, -0.25) is 10.1 Å². The molecule has 0 aliphatic heterocycles. The highest BCUT2D eigenvalue weighted by atomic mass is 16.6. The highest BCUT2D eigenvalue weighted by molar-refractivity contribution is 6.14. The first-order chi connectivity index (χ1) is 9.91. The van der Waals surface area contributed by atoms with E-state index in [1.54, 1.807) is 0 Å². The molecule has 0 atom stereocenters. The van der Waals surface area contributed by atoms with Crippen molar-refractivity contribution < 1.29 is 19.6 Å². The van der Waals surface area contributed by atoms with Crippen LogP contribution in [0, 0.1) is 10.1 Å². The molecule has 0 aliphatic carbocycles. The lowest BCUT2D eigenvalue weighted by Gasteiger charge is -2.10. The Balaban J connectivity index is 2.81. The predicted molar refractivity (Wildman–Crippen MR) is 72.6 cm³/mol. The summed E-state index contributed by atoms with van der Waals surface area (Å²) in [5, 5.41) is 33.2. The van der Waals surface area contributed by atoms with Crippen LogP contribution in [0.2, 0.25) is 0 Å². The fraction of sp³-hybridized carbons (Fsp3) is 0.0714. The van der Waals surface area contributed by atoms with E-state index in [0.717, 1.165) is 0 Å². The standard InChI is InChI=1S/C14H9NO6/c1-6(16)7-2-3-8-11-9(14(18)21-13(8)17)4-5-10(12(7)11)15(19)20/h2-5,16,18H,1H3/p-1. The second-order valence-electron chi connectivity index (χ2n) is 4.55. The molecule has 1 aromatic heterocycles. The van der Waals surface area contributed by atoms with E-state index in [1.165, 1.54) is 31.2 Å². The molecule has 0 saturated carbocycles. The largest absolute Gasteiger partial charge is 0.875 e. The molecule has 3 rings (SSSR count). The van der Waals surface area contributed by atoms with Crippen LogP contribution in [-0.4, -0.2) is 10.0 Å². The molecule has 7 heteroatoms. The quantitative estimate of drug-likeness (QED) is 0.521. The van der Waals surface area contributed by atoms with Crippen molar-refractivity contribution in [1.29, 1.82) is 0 Å². The Morgan fingerprint density at radius 1 is 1.19 bits per heavy atom. The monoisotopic (exact) mass is 286 g/mol. The lowest BCUT2D eigenvalue weighted by Crippen LogP contribution is -2.16. The Morgan fingerprint density at radius 3 is 2.48 bits per heavy atom. The minimum Gasteiger partial charge on any atom is -0.875 e. The van der Waals surface area contributed by atoms with Crippen LogP contribution in [0.15, 0.2) is 33.5 Å². The zero-order chi connectivity index (χ0) is 15.3. The zero-order valence-electron chi connectivity index (χ0n) is 10.7. The number of aromatic hydroxyl groups is 1. The molecule has 0 spiro atoms. The van der Waals surface area contributed by atoms with Gasteiger partial charge in [-0.1, -0.05) is 13.0 Å². The zero-order valence-corrected chi connectivity index (χ0v) is 10.7. The lowest BCUT2D eigenvalue weighted by atomic mass is 9.99. The molecule has 2 aromatic carbocycles. The van der Waals surface area contributed by atoms with Crippen molar-refractivity contribution in [1.82, 2.24) is 0 Å². The molecule has 0 fully saturated rings. The van der Waals surface area contributed by atoms with Gasteiger partial charge in [-0.15, -0.1) is 5.76 Å². The Bertz CT molecular complexity index is 1010. The summed E-state index contributed by atoms with van der Waals surface area (Å²) in [5.41, 5.74) is -1.12. The van der Waals surface area contributed by atoms with Crippen LogP contribution < -0.4 is 16.0 Å². The van der Waals surface area contributed by atoms with Gasteiger partial charge in [-0.2, -0.15) is 0 Å². The molecular formula is C14H8NO6-. The number of benzene rings is 2. The van der Waals surface area contributed by atoms with Crippen LogP contribution in [0.4, 0.5) is 5.69 Å². The average molecular weight is 286 g/mol. The van der Waals surface area contributed by atoms with Crippen LogP contribution in [0.25, 0.3) is 27.3 Å². The van der Waals surface area contributed by atoms with E-state index in [-0.39, 0.29) is 38.2 Å². The number of non-ortho nitro benzene ring substituents is 1. The Labute approximate surface area is 116 Å². The molecule has 0 unspecified atom stereocenters. The van der Waals surface area contributed by atoms with Gasteiger partial charge in [0.1, 0.15) is 0 Å². The Kier molecular flexibility index (Phi) is 2.59. The third kappa shape index (κ3) is 1.71. The molecule has 0 aliphatic rings. The van der Waals surface area contributed by atoms with Gasteiger partial charge in [0.15, 0.2) is 0 Å². The summed E-state index contributed by atoms with van der Waals surface area (Å²) in [6.45, 7) is 1.28. The summed E-state index contributed by atoms with van der Waals surface area (Å²) in [5.74, 6) is -1.01. The predicted octanol–water partition coefficient (Wildman–Crippen LogP) is 0.767. The maximum atomic E-state index is 11.8. The van der Waals surface area contributed by atoms with E-state index in [1.807, 2.05) is 0 Å². The first kappa shape index (κ1) is 12.9. The number of hydrogen-bond acceptors (Lipinski definition) is 6. The first-order valence-electron chi connectivity index (χ1n) is 5.95. The van der Waals surface area contributed by atoms with Crippen LogP contribution in [0.5, 0.6) is 5.95 Å². The normalized spacial score (nSPS) is 12.8. The highest BCUT2D eigenvalue weighted by Crippen LogP contribution is 2.33. The van der Waals surface area contributed by atoms with Crippen molar-refractivity contribution in [3.8, 4) is 5.95 Å². The highest BCUT2D eigenvalue weighted by Gasteiger charge is 2.20. The van der Waals surface area contributed by atoms with Gasteiger partial charge in [-0.25, -0.2) is 4.79 Å². The molecule has 7 nitrogen and oxygen atoms in total. The fourth-order valence-corrected chi connectivity index (χ4v) is 2.47. The van der Waals surface area contributed by atoms with Gasteiger partial charge >= 0.3 is 5.63 Å². The molecule has 106 valence electrons. The van der Waals surface area contributed by atoms with Crippen molar-refractivity contribution in [3.63, 3.8) is 0 Å². The molecule has 1 heterocycles. The van der Waals surface area contributed by atoms with Crippen LogP contribution in [-0.2, 0) is 0 Å². The molecule has 3 aromatic rings. The first-order valence-corrected chi connectivity index (χ1v) is 5.95. The minimum absolute atomic E-state index is 0.0331. The molecule has 0 bridgehead atoms. The van der Waals surface area contributed by atoms with Crippen molar-refractivity contribution in [3.05, 3.63) is 50.0 Å². The van der Waals surface area contributed by atoms with Gasteiger partial charge in [0, 0.05) is 11.5 Å². The molecule has 0 amide bonds. The third-order valence-corrected chi connectivity index (χ3v) is 3.35. The number of nitrogens with zero attached hydrogens (tertiary/aromatic N) is 1. The Morgan fingerprint density at radius 2 is 1.86 bits per heavy atom. The lowest BCUT2D eigenvalue weighted by molar-refractivity contribution is -0.383. The average Bonchev–Trinajstić information content (AvgIpc) is 2.43. The number of nitro groups is 1. The number of rotatable bonds is 1. The van der Waals surface area contributed by atoms with E-state index in [0.29, 0.717) is 0 Å². The minimum atomic E-state index is -0.819. The second kappa shape index (κ2) is 4.20. The van der Waals surface area contributed by atoms with E-state index in [9.17, 15) is 25.1 Å². The van der Waals surface area contributed by atoms with Gasteiger partial charge < -0.3 is 14.6 Å². The number of hydrogen-bond donors (Lipinski definition) is 1. The molecule has 0 radical (unpaired) electrons. The molecule has 21 heavy (non-hydrogen) atoms. The SMILES string of the molecule is CC([O-])=c1ccc2c(=O)oc(O)c3ccc([N+](=O)[O-])c1c32. The summed E-state index contributed by atoms with van der Waals surface area (Å²) in [7, 11) is 0. The summed E-state index contributed by atoms with van der Waals surface area (Å²) in [6, 6.07) is 5.17. The van der Waals surface area contributed by atoms with Gasteiger partial charge in [0.25, 0.3) is 11.6 Å². The van der Waals surface area contributed by atoms with Gasteiger partial charge in [0.05, 0.1) is 21.1 Å². The van der Waals surface area contributed by atoms with E-state index >= 15 is 0 Å². The maximum Gasteiger partial charge on any atom is 0.346 e. The summed E-state index contributed by atoms with van der Waals surface area (Å²) in [4.78, 5) is 22.3. The van der Waals surface area contributed by atoms with Crippen molar-refractivity contribution in [2.45, 2.75) is 6.92 Å². The second-order valence-corrected chi connectivity index (χ2v) is 4.55. The fourth-order valence-electron chi connectivity index (χ4n) is 2.47. The third-order valence-electron chi connectivity index (χ3n) is 3.35. The molecule has 1 N–H and O–H groups in total. The topological polar surface area (TPSA) is 117 Å². The molecular weight excluding hydrogens is 278 g/mol. The van der Waals surface area contributed by atoms with Crippen molar-refractivity contribution in [2.75, 3.05) is 0 Å². The van der Waals surface area contributed by atoms with Gasteiger partial charge in [0.2, 0.25) is 0 Å². The molecule has 0 saturated heterocycles. The van der Waals surface area contributed by atoms with Crippen LogP contribution in [0.1, 0.15) is 6.92 Å². The van der Waals surface area contributed by atoms with Gasteiger partial charge in [-0.05, 0) is 17.4 Å². The Hall–Kier alpha value is -3.09. The summed E-state index contributed by atoms with van der Waals surface area (Å²) >= 11 is 0. The van der Waals surface area contributed by atoms with Crippen LogP contribution in [0.3, 0.4) is 0 Å². The van der Waals surface area contributed by atoms with Crippen molar-refractivity contribution >= 4 is 33.0 Å². The number of nitro benzene ring substituents is 1. The van der Waals surface area contributed by atoms with E-state index in [2.05, 4.69) is 4.42 Å². The summed E-state index contributed by atoms with van der Waals surface area (Å²) < 4.78 is 4.68. The van der Waals surface area contributed by atoms with E-state index in [4.69, 9.17) is 0 Å². The maximum absolute atomic E-state index is 11.8. The summed E-state index contributed by atoms with van der Waals surface area (Å²) in [6.07, 6.45) is 0. The smallest absolute Gasteiger partial charge is 0.346 e. The van der Waals surface area contributed by atoms with Crippen molar-refractivity contribution in [2.24, 2.45) is 0 Å².